The van der Waals surface area contributed by atoms with Crippen LogP contribution in [-0.2, 0) is 16.1 Å². The molecule has 0 spiro atoms. The van der Waals surface area contributed by atoms with E-state index >= 15 is 0 Å². The number of morpholine rings is 1. The van der Waals surface area contributed by atoms with Crippen LogP contribution in [0.3, 0.4) is 0 Å². The Morgan fingerprint density at radius 1 is 1.42 bits per heavy atom. The summed E-state index contributed by atoms with van der Waals surface area (Å²) in [6.45, 7) is 8.60. The normalized spacial score (nSPS) is 21.1. The first-order valence-electron chi connectivity index (χ1n) is 9.39. The molecule has 1 fully saturated rings. The van der Waals surface area contributed by atoms with Crippen LogP contribution in [0.15, 0.2) is 18.2 Å². The highest BCUT2D eigenvalue weighted by molar-refractivity contribution is 6.30. The van der Waals surface area contributed by atoms with Crippen LogP contribution in [0.1, 0.15) is 45.6 Å². The standard InChI is InChI=1S/C20H30ClNO4/c1-4-5-6-17-11-22(12-19(26-17)14(2)3)10-15-9-16(21)7-8-18(15)25-13-20(23)24/h7-9,14,17,19H,4-6,10-13H2,1-3H3,(H,23,24)/t17-,19-/m1/s1. The topological polar surface area (TPSA) is 59.0 Å². The van der Waals surface area contributed by atoms with E-state index < -0.39 is 5.97 Å². The number of benzene rings is 1. The maximum absolute atomic E-state index is 10.8. The van der Waals surface area contributed by atoms with Gasteiger partial charge in [0.05, 0.1) is 12.2 Å². The molecule has 0 aliphatic carbocycles. The first-order valence-corrected chi connectivity index (χ1v) is 9.77. The maximum atomic E-state index is 10.8. The van der Waals surface area contributed by atoms with Gasteiger partial charge < -0.3 is 14.6 Å². The molecule has 2 rings (SSSR count). The third-order valence-corrected chi connectivity index (χ3v) is 4.89. The molecule has 1 aromatic rings. The summed E-state index contributed by atoms with van der Waals surface area (Å²) in [5.41, 5.74) is 0.914. The minimum atomic E-state index is -0.989. The fraction of sp³-hybridized carbons (Fsp3) is 0.650. The molecule has 1 aromatic carbocycles. The molecule has 1 aliphatic heterocycles. The van der Waals surface area contributed by atoms with Crippen LogP contribution in [0.2, 0.25) is 5.02 Å². The van der Waals surface area contributed by atoms with E-state index in [9.17, 15) is 4.79 Å². The van der Waals surface area contributed by atoms with Gasteiger partial charge in [-0.15, -0.1) is 0 Å². The van der Waals surface area contributed by atoms with Crippen molar-refractivity contribution < 1.29 is 19.4 Å². The van der Waals surface area contributed by atoms with E-state index in [0.717, 1.165) is 37.9 Å². The van der Waals surface area contributed by atoms with E-state index in [1.165, 1.54) is 0 Å². The first kappa shape index (κ1) is 21.0. The Morgan fingerprint density at radius 3 is 2.85 bits per heavy atom. The Labute approximate surface area is 161 Å². The third-order valence-electron chi connectivity index (χ3n) is 4.66. The van der Waals surface area contributed by atoms with Crippen molar-refractivity contribution in [2.45, 2.75) is 58.8 Å². The van der Waals surface area contributed by atoms with E-state index in [1.807, 2.05) is 6.07 Å². The van der Waals surface area contributed by atoms with E-state index in [2.05, 4.69) is 25.7 Å². The number of carboxylic acids is 1. The second-order valence-electron chi connectivity index (χ2n) is 7.31. The van der Waals surface area contributed by atoms with Crippen molar-refractivity contribution >= 4 is 17.6 Å². The van der Waals surface area contributed by atoms with Crippen LogP contribution in [0.4, 0.5) is 0 Å². The molecule has 0 amide bonds. The Morgan fingerprint density at radius 2 is 2.19 bits per heavy atom. The molecule has 5 nitrogen and oxygen atoms in total. The van der Waals surface area contributed by atoms with E-state index in [0.29, 0.717) is 23.2 Å². The molecule has 1 N–H and O–H groups in total. The molecular formula is C20H30ClNO4. The zero-order valence-corrected chi connectivity index (χ0v) is 16.7. The number of unbranched alkanes of at least 4 members (excludes halogenated alkanes) is 1. The van der Waals surface area contributed by atoms with Crippen molar-refractivity contribution in [3.05, 3.63) is 28.8 Å². The van der Waals surface area contributed by atoms with Crippen LogP contribution in [-0.4, -0.2) is 47.9 Å². The van der Waals surface area contributed by atoms with Gasteiger partial charge in [-0.2, -0.15) is 0 Å². The van der Waals surface area contributed by atoms with E-state index in [1.54, 1.807) is 12.1 Å². The van der Waals surface area contributed by atoms with Gasteiger partial charge in [0.15, 0.2) is 6.61 Å². The molecule has 2 atom stereocenters. The number of hydrogen-bond donors (Lipinski definition) is 1. The van der Waals surface area contributed by atoms with Gasteiger partial charge in [0, 0.05) is 30.2 Å². The fourth-order valence-electron chi connectivity index (χ4n) is 3.23. The van der Waals surface area contributed by atoms with Crippen molar-refractivity contribution in [3.63, 3.8) is 0 Å². The minimum Gasteiger partial charge on any atom is -0.482 e. The molecular weight excluding hydrogens is 354 g/mol. The molecule has 146 valence electrons. The average molecular weight is 384 g/mol. The molecule has 0 aromatic heterocycles. The summed E-state index contributed by atoms with van der Waals surface area (Å²) in [5, 5.41) is 9.50. The summed E-state index contributed by atoms with van der Waals surface area (Å²) < 4.78 is 11.7. The molecule has 0 bridgehead atoms. The second-order valence-corrected chi connectivity index (χ2v) is 7.75. The number of carboxylic acid groups (broad SMARTS) is 1. The smallest absolute Gasteiger partial charge is 0.341 e. The second kappa shape index (κ2) is 10.1. The Kier molecular flexibility index (Phi) is 8.19. The number of rotatable bonds is 9. The molecule has 0 radical (unpaired) electrons. The van der Waals surface area contributed by atoms with Gasteiger partial charge in [-0.1, -0.05) is 45.2 Å². The van der Waals surface area contributed by atoms with Crippen LogP contribution in [0.25, 0.3) is 0 Å². The molecule has 1 heterocycles. The number of aliphatic carboxylic acids is 1. The minimum absolute atomic E-state index is 0.202. The lowest BCUT2D eigenvalue weighted by molar-refractivity contribution is -0.139. The highest BCUT2D eigenvalue weighted by atomic mass is 35.5. The highest BCUT2D eigenvalue weighted by Crippen LogP contribution is 2.27. The van der Waals surface area contributed by atoms with Crippen LogP contribution in [0.5, 0.6) is 5.75 Å². The highest BCUT2D eigenvalue weighted by Gasteiger charge is 2.29. The Bertz CT molecular complexity index is 593. The Hall–Kier alpha value is -1.30. The van der Waals surface area contributed by atoms with E-state index in [4.69, 9.17) is 26.2 Å². The van der Waals surface area contributed by atoms with E-state index in [-0.39, 0.29) is 18.8 Å². The molecule has 26 heavy (non-hydrogen) atoms. The van der Waals surface area contributed by atoms with Gasteiger partial charge in [0.25, 0.3) is 0 Å². The van der Waals surface area contributed by atoms with Gasteiger partial charge in [-0.05, 0) is 30.5 Å². The van der Waals surface area contributed by atoms with Gasteiger partial charge in [-0.3, -0.25) is 4.90 Å². The van der Waals surface area contributed by atoms with Crippen molar-refractivity contribution in [3.8, 4) is 5.75 Å². The van der Waals surface area contributed by atoms with Crippen LogP contribution < -0.4 is 4.74 Å². The molecule has 1 saturated heterocycles. The number of hydrogen-bond acceptors (Lipinski definition) is 4. The molecule has 0 saturated carbocycles. The third kappa shape index (κ3) is 6.45. The van der Waals surface area contributed by atoms with Crippen molar-refractivity contribution in [2.75, 3.05) is 19.7 Å². The van der Waals surface area contributed by atoms with Crippen LogP contribution in [0, 0.1) is 5.92 Å². The van der Waals surface area contributed by atoms with Gasteiger partial charge in [0.2, 0.25) is 0 Å². The lowest BCUT2D eigenvalue weighted by Crippen LogP contribution is -2.49. The predicted molar refractivity (Wildman–Crippen MR) is 103 cm³/mol. The monoisotopic (exact) mass is 383 g/mol. The number of ether oxygens (including phenoxy) is 2. The zero-order valence-electron chi connectivity index (χ0n) is 15.9. The largest absolute Gasteiger partial charge is 0.482 e. The van der Waals surface area contributed by atoms with Gasteiger partial charge in [-0.25, -0.2) is 4.79 Å². The summed E-state index contributed by atoms with van der Waals surface area (Å²) in [6.07, 6.45) is 3.82. The molecule has 1 aliphatic rings. The number of nitrogens with zero attached hydrogens (tertiary/aromatic N) is 1. The quantitative estimate of drug-likeness (QED) is 0.691. The Balaban J connectivity index is 2.11. The van der Waals surface area contributed by atoms with Crippen molar-refractivity contribution in [2.24, 2.45) is 5.92 Å². The lowest BCUT2D eigenvalue weighted by atomic mass is 10.0. The van der Waals surface area contributed by atoms with Gasteiger partial charge >= 0.3 is 5.97 Å². The molecule has 0 unspecified atom stereocenters. The number of carbonyl (C=O) groups is 1. The summed E-state index contributed by atoms with van der Waals surface area (Å²) in [5.74, 6) is 0.0373. The average Bonchev–Trinajstić information content (AvgIpc) is 2.59. The van der Waals surface area contributed by atoms with Gasteiger partial charge in [0.1, 0.15) is 5.75 Å². The summed E-state index contributed by atoms with van der Waals surface area (Å²) in [7, 11) is 0. The molecule has 6 heteroatoms. The summed E-state index contributed by atoms with van der Waals surface area (Å²) >= 11 is 6.16. The van der Waals surface area contributed by atoms with Crippen molar-refractivity contribution in [1.82, 2.24) is 4.90 Å². The lowest BCUT2D eigenvalue weighted by Gasteiger charge is -2.40. The predicted octanol–water partition coefficient (Wildman–Crippen LogP) is 4.22. The summed E-state index contributed by atoms with van der Waals surface area (Å²) in [4.78, 5) is 13.2. The maximum Gasteiger partial charge on any atom is 0.341 e. The first-order chi connectivity index (χ1) is 12.4. The zero-order chi connectivity index (χ0) is 19.1. The summed E-state index contributed by atoms with van der Waals surface area (Å²) in [6, 6.07) is 5.33. The van der Waals surface area contributed by atoms with Crippen molar-refractivity contribution in [1.29, 1.82) is 0 Å². The number of halogens is 1. The SMILES string of the molecule is CCCC[C@@H]1CN(Cc2cc(Cl)ccc2OCC(=O)O)C[C@H](C(C)C)O1. The fourth-order valence-corrected chi connectivity index (χ4v) is 3.43. The van der Waals surface area contributed by atoms with Crippen LogP contribution >= 0.6 is 11.6 Å².